The van der Waals surface area contributed by atoms with E-state index in [1.54, 1.807) is 32.2 Å². The maximum Gasteiger partial charge on any atom is 0.326 e. The zero-order valence-corrected chi connectivity index (χ0v) is 21.5. The maximum atomic E-state index is 13.1. The summed E-state index contributed by atoms with van der Waals surface area (Å²) in [7, 11) is 0. The van der Waals surface area contributed by atoms with Crippen molar-refractivity contribution in [3.05, 3.63) is 36.0 Å². The molecule has 2 rings (SSSR count). The number of H-pyrrole nitrogens is 1. The van der Waals surface area contributed by atoms with Crippen LogP contribution in [0.15, 0.2) is 30.5 Å². The molecular weight excluding hydrogens is 514 g/mol. The number of amides is 3. The van der Waals surface area contributed by atoms with Crippen LogP contribution in [0.4, 0.5) is 0 Å². The van der Waals surface area contributed by atoms with Gasteiger partial charge in [-0.2, -0.15) is 0 Å². The van der Waals surface area contributed by atoms with Crippen LogP contribution in [-0.2, 0) is 35.2 Å². The van der Waals surface area contributed by atoms with Gasteiger partial charge >= 0.3 is 17.9 Å². The highest BCUT2D eigenvalue weighted by Crippen LogP contribution is 2.19. The summed E-state index contributed by atoms with van der Waals surface area (Å²) >= 11 is 0. The third-order valence-corrected chi connectivity index (χ3v) is 5.97. The van der Waals surface area contributed by atoms with Crippen LogP contribution >= 0.6 is 0 Å². The van der Waals surface area contributed by atoms with Crippen molar-refractivity contribution in [1.29, 1.82) is 0 Å². The molecule has 9 N–H and O–H groups in total. The third-order valence-electron chi connectivity index (χ3n) is 5.97. The minimum atomic E-state index is -1.44. The third kappa shape index (κ3) is 9.10. The molecule has 1 aromatic carbocycles. The standard InChI is InChI=1S/C25H33N5O9/c1-12(2)21(30-22(35)15(26)10-20(33)34)24(37)28-17(7-8-19(31)32)23(36)29-18(25(38)39)9-13-11-27-16-6-4-3-5-14(13)16/h3-6,11-12,15,17-18,21,27H,7-10,26H2,1-2H3,(H,28,37)(H,29,36)(H,30,35)(H,31,32)(H,33,34)(H,38,39). The van der Waals surface area contributed by atoms with Crippen LogP contribution in [0, 0.1) is 5.92 Å². The first kappa shape index (κ1) is 30.8. The average molecular weight is 548 g/mol. The number of hydrogen-bond donors (Lipinski definition) is 8. The smallest absolute Gasteiger partial charge is 0.326 e. The fourth-order valence-corrected chi connectivity index (χ4v) is 3.87. The van der Waals surface area contributed by atoms with Crippen LogP contribution in [-0.4, -0.2) is 80.1 Å². The van der Waals surface area contributed by atoms with E-state index in [0.717, 1.165) is 10.9 Å². The Morgan fingerprint density at radius 1 is 0.872 bits per heavy atom. The van der Waals surface area contributed by atoms with Crippen molar-refractivity contribution < 1.29 is 44.1 Å². The molecular formula is C25H33N5O9. The number of hydrogen-bond acceptors (Lipinski definition) is 7. The van der Waals surface area contributed by atoms with Crippen molar-refractivity contribution in [1.82, 2.24) is 20.9 Å². The van der Waals surface area contributed by atoms with E-state index < -0.39 is 78.6 Å². The highest BCUT2D eigenvalue weighted by Gasteiger charge is 2.32. The molecule has 0 saturated heterocycles. The molecule has 3 amide bonds. The Bertz CT molecular complexity index is 1230. The van der Waals surface area contributed by atoms with Crippen molar-refractivity contribution in [3.63, 3.8) is 0 Å². The Labute approximate surface area is 223 Å². The summed E-state index contributed by atoms with van der Waals surface area (Å²) in [6.07, 6.45) is -0.00245. The summed E-state index contributed by atoms with van der Waals surface area (Å²) in [5.74, 6) is -7.09. The molecule has 0 spiro atoms. The number of para-hydroxylation sites is 1. The lowest BCUT2D eigenvalue weighted by atomic mass is 10.0. The summed E-state index contributed by atoms with van der Waals surface area (Å²) in [5, 5.41) is 35.6. The molecule has 14 heteroatoms. The Morgan fingerprint density at radius 2 is 1.51 bits per heavy atom. The van der Waals surface area contributed by atoms with Crippen LogP contribution in [0.25, 0.3) is 10.9 Å². The predicted octanol–water partition coefficient (Wildman–Crippen LogP) is -0.428. The minimum Gasteiger partial charge on any atom is -0.481 e. The van der Waals surface area contributed by atoms with E-state index in [4.69, 9.17) is 15.9 Å². The number of carbonyl (C=O) groups is 6. The van der Waals surface area contributed by atoms with E-state index in [9.17, 15) is 33.9 Å². The zero-order valence-electron chi connectivity index (χ0n) is 21.5. The number of aromatic amines is 1. The van der Waals surface area contributed by atoms with Crippen molar-refractivity contribution >= 4 is 46.5 Å². The highest BCUT2D eigenvalue weighted by atomic mass is 16.4. The van der Waals surface area contributed by atoms with Gasteiger partial charge in [0.2, 0.25) is 17.7 Å². The number of nitrogens with one attached hydrogen (secondary N) is 4. The summed E-state index contributed by atoms with van der Waals surface area (Å²) in [6, 6.07) is 1.69. The lowest BCUT2D eigenvalue weighted by Crippen LogP contribution is -2.58. The van der Waals surface area contributed by atoms with Gasteiger partial charge in [-0.15, -0.1) is 0 Å². The molecule has 39 heavy (non-hydrogen) atoms. The second-order valence-electron chi connectivity index (χ2n) is 9.39. The second-order valence-corrected chi connectivity index (χ2v) is 9.39. The van der Waals surface area contributed by atoms with Crippen molar-refractivity contribution in [2.45, 2.75) is 63.7 Å². The SMILES string of the molecule is CC(C)C(NC(=O)C(N)CC(=O)O)C(=O)NC(CCC(=O)O)C(=O)NC(Cc1c[nH]c2ccccc12)C(=O)O. The van der Waals surface area contributed by atoms with E-state index in [-0.39, 0.29) is 12.8 Å². The van der Waals surface area contributed by atoms with Crippen molar-refractivity contribution in [2.24, 2.45) is 11.7 Å². The van der Waals surface area contributed by atoms with Gasteiger partial charge in [-0.3, -0.25) is 24.0 Å². The molecule has 0 aliphatic heterocycles. The Balaban J connectivity index is 2.19. The Kier molecular flexibility index (Phi) is 11.0. The first-order valence-corrected chi connectivity index (χ1v) is 12.2. The molecule has 4 atom stereocenters. The number of carboxylic acid groups (broad SMARTS) is 3. The molecule has 212 valence electrons. The molecule has 0 saturated carbocycles. The van der Waals surface area contributed by atoms with Crippen LogP contribution < -0.4 is 21.7 Å². The lowest BCUT2D eigenvalue weighted by molar-refractivity contribution is -0.143. The van der Waals surface area contributed by atoms with Gasteiger partial charge in [0.05, 0.1) is 12.5 Å². The lowest BCUT2D eigenvalue weighted by Gasteiger charge is -2.26. The number of rotatable bonds is 15. The van der Waals surface area contributed by atoms with Crippen LogP contribution in [0.1, 0.15) is 38.7 Å². The molecule has 2 aromatic rings. The molecule has 14 nitrogen and oxygen atoms in total. The molecule has 0 bridgehead atoms. The number of carboxylic acids is 3. The first-order valence-electron chi connectivity index (χ1n) is 12.2. The van der Waals surface area contributed by atoms with Crippen LogP contribution in [0.3, 0.4) is 0 Å². The quantitative estimate of drug-likeness (QED) is 0.143. The van der Waals surface area contributed by atoms with E-state index >= 15 is 0 Å². The number of aromatic nitrogens is 1. The largest absolute Gasteiger partial charge is 0.481 e. The van der Waals surface area contributed by atoms with Gasteiger partial charge in [-0.25, -0.2) is 4.79 Å². The predicted molar refractivity (Wildman–Crippen MR) is 137 cm³/mol. The topological polar surface area (TPSA) is 241 Å². The van der Waals surface area contributed by atoms with Gasteiger partial charge in [-0.1, -0.05) is 32.0 Å². The Hall–Kier alpha value is -4.46. The summed E-state index contributed by atoms with van der Waals surface area (Å²) in [4.78, 5) is 75.4. The number of aliphatic carboxylic acids is 3. The average Bonchev–Trinajstić information content (AvgIpc) is 3.26. The van der Waals surface area contributed by atoms with Crippen molar-refractivity contribution in [3.8, 4) is 0 Å². The summed E-state index contributed by atoms with van der Waals surface area (Å²) < 4.78 is 0. The number of carbonyl (C=O) groups excluding carboxylic acids is 3. The van der Waals surface area contributed by atoms with Crippen molar-refractivity contribution in [2.75, 3.05) is 0 Å². The minimum absolute atomic E-state index is 0.0865. The number of benzene rings is 1. The number of nitrogens with two attached hydrogens (primary N) is 1. The Morgan fingerprint density at radius 3 is 2.10 bits per heavy atom. The molecule has 0 radical (unpaired) electrons. The maximum absolute atomic E-state index is 13.1. The first-order chi connectivity index (χ1) is 18.3. The van der Waals surface area contributed by atoms with E-state index in [1.807, 2.05) is 12.1 Å². The van der Waals surface area contributed by atoms with Gasteiger partial charge in [0.1, 0.15) is 18.1 Å². The zero-order chi connectivity index (χ0) is 29.3. The molecule has 0 aliphatic rings. The fraction of sp³-hybridized carbons (Fsp3) is 0.440. The number of fused-ring (bicyclic) bond motifs is 1. The van der Waals surface area contributed by atoms with Gasteiger partial charge < -0.3 is 42.0 Å². The van der Waals surface area contributed by atoms with E-state index in [2.05, 4.69) is 20.9 Å². The summed E-state index contributed by atoms with van der Waals surface area (Å²) in [5.41, 5.74) is 6.97. The van der Waals surface area contributed by atoms with E-state index in [0.29, 0.717) is 5.56 Å². The van der Waals surface area contributed by atoms with Gasteiger partial charge in [0.25, 0.3) is 0 Å². The summed E-state index contributed by atoms with van der Waals surface area (Å²) in [6.45, 7) is 3.17. The molecule has 4 unspecified atom stereocenters. The molecule has 1 aromatic heterocycles. The second kappa shape index (κ2) is 13.9. The fourth-order valence-electron chi connectivity index (χ4n) is 3.87. The normalized spacial score (nSPS) is 14.2. The highest BCUT2D eigenvalue weighted by molar-refractivity contribution is 5.95. The van der Waals surface area contributed by atoms with Gasteiger partial charge in [-0.05, 0) is 24.0 Å². The molecule has 0 aliphatic carbocycles. The van der Waals surface area contributed by atoms with Crippen LogP contribution in [0.2, 0.25) is 0 Å². The molecule has 0 fully saturated rings. The monoisotopic (exact) mass is 547 g/mol. The van der Waals surface area contributed by atoms with Gasteiger partial charge in [0, 0.05) is 29.9 Å². The van der Waals surface area contributed by atoms with Gasteiger partial charge in [0.15, 0.2) is 0 Å². The molecule has 1 heterocycles. The van der Waals surface area contributed by atoms with E-state index in [1.165, 1.54) is 0 Å². The van der Waals surface area contributed by atoms with Crippen LogP contribution in [0.5, 0.6) is 0 Å².